The van der Waals surface area contributed by atoms with Gasteiger partial charge in [-0.2, -0.15) is 0 Å². The molecule has 3 heterocycles. The number of ketones is 4. The predicted octanol–water partition coefficient (Wildman–Crippen LogP) is 4.80. The van der Waals surface area contributed by atoms with Gasteiger partial charge in [-0.3, -0.25) is 23.7 Å². The third kappa shape index (κ3) is 6.23. The van der Waals surface area contributed by atoms with Crippen LogP contribution in [0.15, 0.2) is 158 Å². The standard InChI is InChI=1S/C45H32N6O11/c46-38-32-39(49-42(48-38)51(59)60)50(26-47-32)40-37(56)43(58,33(52)27-16-6-1-7-17-27)45(61-40,36(55)30-22-12-4-13-23-30)44(34(53)28-18-8-2-9-19-28,35(54)29-20-10-3-11-21-29)62-41(57)31-24-14-5-15-25-31/h1-26,37,40,56,58H,(H2,46,48,49)/t37-,40+,43-,45-/m0/s1. The monoisotopic (exact) mass is 832 g/mol. The largest absolute Gasteiger partial charge is 0.473 e. The van der Waals surface area contributed by atoms with Crippen molar-refractivity contribution in [2.45, 2.75) is 29.1 Å². The Kier molecular flexibility index (Phi) is 10.4. The number of hydrogen-bond donors (Lipinski definition) is 3. The minimum absolute atomic E-state index is 0.242. The Morgan fingerprint density at radius 3 is 1.60 bits per heavy atom. The fourth-order valence-corrected chi connectivity index (χ4v) is 7.73. The number of carbonyl (C=O) groups is 5. The minimum Gasteiger partial charge on any atom is -0.435 e. The molecule has 1 fully saturated rings. The highest BCUT2D eigenvalue weighted by Crippen LogP contribution is 2.57. The Bertz CT molecular complexity index is 2830. The number of hydrogen-bond acceptors (Lipinski definition) is 15. The van der Waals surface area contributed by atoms with Gasteiger partial charge in [-0.25, -0.2) is 9.78 Å². The molecule has 17 heteroatoms. The van der Waals surface area contributed by atoms with Crippen molar-refractivity contribution in [2.24, 2.45) is 0 Å². The maximum atomic E-state index is 16.1. The second kappa shape index (κ2) is 15.8. The van der Waals surface area contributed by atoms with Gasteiger partial charge in [0.15, 0.2) is 17.3 Å². The van der Waals surface area contributed by atoms with Crippen LogP contribution in [-0.4, -0.2) is 86.7 Å². The molecule has 0 spiro atoms. The Morgan fingerprint density at radius 2 is 1.13 bits per heavy atom. The molecule has 62 heavy (non-hydrogen) atoms. The molecule has 1 saturated heterocycles. The average molecular weight is 833 g/mol. The molecule has 0 saturated carbocycles. The summed E-state index contributed by atoms with van der Waals surface area (Å²) in [6.45, 7) is 0. The van der Waals surface area contributed by atoms with E-state index in [1.165, 1.54) is 146 Å². The Morgan fingerprint density at radius 1 is 0.694 bits per heavy atom. The molecule has 4 atom stereocenters. The zero-order valence-electron chi connectivity index (χ0n) is 32.0. The van der Waals surface area contributed by atoms with E-state index in [9.17, 15) is 25.1 Å². The molecule has 5 aromatic carbocycles. The molecule has 0 aliphatic carbocycles. The van der Waals surface area contributed by atoms with Gasteiger partial charge >= 0.3 is 11.9 Å². The van der Waals surface area contributed by atoms with Gasteiger partial charge in [0.1, 0.15) is 12.4 Å². The summed E-state index contributed by atoms with van der Waals surface area (Å²) in [5.41, 5.74) is -7.85. The van der Waals surface area contributed by atoms with Crippen molar-refractivity contribution in [1.29, 1.82) is 0 Å². The fraction of sp³-hybridized carbons (Fsp3) is 0.111. The predicted molar refractivity (Wildman–Crippen MR) is 218 cm³/mol. The minimum atomic E-state index is -3.82. The molecular weight excluding hydrogens is 801 g/mol. The number of fused-ring (bicyclic) bond motifs is 1. The lowest BCUT2D eigenvalue weighted by Gasteiger charge is -2.49. The van der Waals surface area contributed by atoms with E-state index in [1.807, 2.05) is 0 Å². The van der Waals surface area contributed by atoms with E-state index < -0.39 is 80.6 Å². The van der Waals surface area contributed by atoms with Crippen LogP contribution in [0.3, 0.4) is 0 Å². The number of esters is 1. The lowest BCUT2D eigenvalue weighted by Crippen LogP contribution is -2.80. The molecule has 0 bridgehead atoms. The number of Topliss-reactive ketones (excluding diaryl/α,β-unsaturated/α-hetero) is 4. The SMILES string of the molecule is Nc1nc([N+](=O)[O-])nc2c1ncn2[C@@H]1O[C@](C(=O)c2ccccc2)(C(OC(=O)c2ccccc2)(C(=O)c2ccccc2)C(=O)c2ccccc2)[C@](O)(C(=O)c2ccccc2)[C@H]1O. The quantitative estimate of drug-likeness (QED) is 0.0463. The molecular formula is C45H32N6O11. The van der Waals surface area contributed by atoms with Crippen LogP contribution < -0.4 is 5.73 Å². The van der Waals surface area contributed by atoms with E-state index in [2.05, 4.69) is 15.0 Å². The number of nitrogen functional groups attached to an aromatic ring is 1. The van der Waals surface area contributed by atoms with Gasteiger partial charge in [-0.05, 0) is 27.0 Å². The number of benzene rings is 5. The number of aromatic nitrogens is 4. The Labute approximate surface area is 350 Å². The number of anilines is 1. The van der Waals surface area contributed by atoms with Gasteiger partial charge in [0, 0.05) is 22.3 Å². The van der Waals surface area contributed by atoms with E-state index in [-0.39, 0.29) is 33.3 Å². The van der Waals surface area contributed by atoms with E-state index in [0.717, 1.165) is 10.9 Å². The fourth-order valence-electron chi connectivity index (χ4n) is 7.73. The Hall–Kier alpha value is -8.12. The maximum Gasteiger partial charge on any atom is 0.473 e. The van der Waals surface area contributed by atoms with E-state index in [0.29, 0.717) is 0 Å². The van der Waals surface area contributed by atoms with Crippen LogP contribution in [0, 0.1) is 10.1 Å². The van der Waals surface area contributed by atoms with Gasteiger partial charge in [-0.15, -0.1) is 0 Å². The number of aliphatic hydroxyl groups is 2. The molecule has 0 radical (unpaired) electrons. The molecule has 8 rings (SSSR count). The highest BCUT2D eigenvalue weighted by Gasteiger charge is 2.85. The number of nitrogens with zero attached hydrogens (tertiary/aromatic N) is 5. The first-order valence-corrected chi connectivity index (χ1v) is 18.8. The van der Waals surface area contributed by atoms with Crippen LogP contribution in [0.1, 0.15) is 58.0 Å². The smallest absolute Gasteiger partial charge is 0.435 e. The van der Waals surface area contributed by atoms with Crippen LogP contribution in [0.4, 0.5) is 11.8 Å². The van der Waals surface area contributed by atoms with Gasteiger partial charge in [0.05, 0.1) is 5.56 Å². The van der Waals surface area contributed by atoms with Crippen LogP contribution >= 0.6 is 0 Å². The third-order valence-electron chi connectivity index (χ3n) is 10.6. The molecule has 1 aliphatic rings. The van der Waals surface area contributed by atoms with Crippen molar-refractivity contribution in [2.75, 3.05) is 5.73 Å². The molecule has 0 amide bonds. The van der Waals surface area contributed by atoms with Gasteiger partial charge < -0.3 is 35.5 Å². The van der Waals surface area contributed by atoms with Crippen LogP contribution in [0.25, 0.3) is 11.2 Å². The van der Waals surface area contributed by atoms with Crippen LogP contribution in [-0.2, 0) is 9.47 Å². The van der Waals surface area contributed by atoms with Crippen molar-refractivity contribution in [1.82, 2.24) is 19.5 Å². The first-order chi connectivity index (χ1) is 29.9. The molecule has 308 valence electrons. The van der Waals surface area contributed by atoms with Crippen molar-refractivity contribution >= 4 is 52.0 Å². The summed E-state index contributed by atoms with van der Waals surface area (Å²) in [5, 5.41) is 38.5. The van der Waals surface area contributed by atoms with Gasteiger partial charge in [0.2, 0.25) is 40.2 Å². The number of carbonyl (C=O) groups excluding carboxylic acids is 5. The maximum absolute atomic E-state index is 16.1. The second-order valence-electron chi connectivity index (χ2n) is 14.1. The van der Waals surface area contributed by atoms with Crippen molar-refractivity contribution in [3.05, 3.63) is 196 Å². The van der Waals surface area contributed by atoms with E-state index >= 15 is 19.2 Å². The molecule has 17 nitrogen and oxygen atoms in total. The number of nitrogens with two attached hydrogens (primary N) is 1. The van der Waals surface area contributed by atoms with Crippen molar-refractivity contribution in [3.63, 3.8) is 0 Å². The number of aliphatic hydroxyl groups excluding tert-OH is 1. The summed E-state index contributed by atoms with van der Waals surface area (Å²) >= 11 is 0. The summed E-state index contributed by atoms with van der Waals surface area (Å²) in [6.07, 6.45) is -4.11. The van der Waals surface area contributed by atoms with Crippen LogP contribution in [0.2, 0.25) is 0 Å². The number of rotatable bonds is 13. The summed E-state index contributed by atoms with van der Waals surface area (Å²) in [6, 6.07) is 34.4. The van der Waals surface area contributed by atoms with E-state index in [4.69, 9.17) is 15.2 Å². The molecule has 7 aromatic rings. The highest BCUT2D eigenvalue weighted by atomic mass is 16.6. The summed E-state index contributed by atoms with van der Waals surface area (Å²) in [4.78, 5) is 101. The van der Waals surface area contributed by atoms with Crippen LogP contribution in [0.5, 0.6) is 0 Å². The number of ether oxygens (including phenoxy) is 2. The number of imidazole rings is 1. The van der Waals surface area contributed by atoms with Gasteiger partial charge in [0.25, 0.3) is 5.60 Å². The zero-order valence-corrected chi connectivity index (χ0v) is 32.0. The first kappa shape index (κ1) is 40.7. The van der Waals surface area contributed by atoms with Gasteiger partial charge in [-0.1, -0.05) is 140 Å². The zero-order chi connectivity index (χ0) is 43.8. The second-order valence-corrected chi connectivity index (χ2v) is 14.1. The molecule has 2 aromatic heterocycles. The normalized spacial score (nSPS) is 19.7. The van der Waals surface area contributed by atoms with E-state index in [1.54, 1.807) is 6.07 Å². The number of nitro groups is 1. The molecule has 1 aliphatic heterocycles. The summed E-state index contributed by atoms with van der Waals surface area (Å²) < 4.78 is 13.8. The first-order valence-electron chi connectivity index (χ1n) is 18.8. The van der Waals surface area contributed by atoms with Crippen molar-refractivity contribution < 1.29 is 48.6 Å². The third-order valence-corrected chi connectivity index (χ3v) is 10.6. The molecule has 0 unspecified atom stereocenters. The summed E-state index contributed by atoms with van der Waals surface area (Å²) in [7, 11) is 0. The highest BCUT2D eigenvalue weighted by molar-refractivity contribution is 6.31. The topological polar surface area (TPSA) is 257 Å². The molecule has 4 N–H and O–H groups in total. The Balaban J connectivity index is 1.56. The lowest BCUT2D eigenvalue weighted by atomic mass is 9.59. The average Bonchev–Trinajstić information content (AvgIpc) is 3.85. The lowest BCUT2D eigenvalue weighted by molar-refractivity contribution is -0.394. The van der Waals surface area contributed by atoms with Crippen molar-refractivity contribution in [3.8, 4) is 0 Å². The summed E-state index contributed by atoms with van der Waals surface area (Å²) in [5.74, 6) is -8.78.